The molecule has 0 radical (unpaired) electrons. The maximum Gasteiger partial charge on any atom is 0.410 e. The van der Waals surface area contributed by atoms with E-state index in [1.54, 1.807) is 6.92 Å². The molecule has 1 aliphatic rings. The van der Waals surface area contributed by atoms with Crippen LogP contribution in [0.5, 0.6) is 0 Å². The van der Waals surface area contributed by atoms with Gasteiger partial charge in [-0.3, -0.25) is 9.78 Å². The van der Waals surface area contributed by atoms with E-state index in [1.165, 1.54) is 44.8 Å². The summed E-state index contributed by atoms with van der Waals surface area (Å²) in [5.74, 6) is -2.07. The fraction of sp³-hybridized carbons (Fsp3) is 0.424. The van der Waals surface area contributed by atoms with Crippen molar-refractivity contribution in [2.24, 2.45) is 16.1 Å². The van der Waals surface area contributed by atoms with Crippen molar-refractivity contribution in [2.75, 3.05) is 20.1 Å². The van der Waals surface area contributed by atoms with Crippen LogP contribution in [-0.4, -0.2) is 41.9 Å². The zero-order chi connectivity index (χ0) is 31.2. The number of rotatable bonds is 5. The number of ketones is 1. The Bertz CT molecular complexity index is 1370. The first kappa shape index (κ1) is 34.2. The van der Waals surface area contributed by atoms with E-state index in [2.05, 4.69) is 36.0 Å². The van der Waals surface area contributed by atoms with Gasteiger partial charge in [0.1, 0.15) is 6.61 Å². The molecule has 2 heterocycles. The molecule has 1 fully saturated rings. The summed E-state index contributed by atoms with van der Waals surface area (Å²) in [6.45, 7) is 13.5. The quantitative estimate of drug-likeness (QED) is 0.223. The third kappa shape index (κ3) is 9.82. The topological polar surface area (TPSA) is 84.2 Å². The van der Waals surface area contributed by atoms with Gasteiger partial charge < -0.3 is 9.64 Å². The van der Waals surface area contributed by atoms with E-state index < -0.39 is 17.4 Å². The lowest BCUT2D eigenvalue weighted by atomic mass is 10.00. The minimum Gasteiger partial charge on any atom is -0.445 e. The van der Waals surface area contributed by atoms with Crippen molar-refractivity contribution in [1.29, 1.82) is 0 Å². The number of piperidine rings is 1. The SMILES string of the molecule is CCC.CN=Nc1cc(-c2ccc(C(C)=O)c(F)c2F)ncc1C.Cc1ccccc1COC(=O)N1CCC(C)CC1. The fourth-order valence-electron chi connectivity index (χ4n) is 4.09. The van der Waals surface area contributed by atoms with Gasteiger partial charge in [0.15, 0.2) is 17.4 Å². The predicted molar refractivity (Wildman–Crippen MR) is 162 cm³/mol. The molecule has 2 aromatic carbocycles. The van der Waals surface area contributed by atoms with E-state index in [1.807, 2.05) is 36.1 Å². The van der Waals surface area contributed by atoms with Gasteiger partial charge in [-0.25, -0.2) is 13.6 Å². The molecule has 9 heteroatoms. The molecule has 1 amide bonds. The van der Waals surface area contributed by atoms with Gasteiger partial charge in [-0.1, -0.05) is 51.5 Å². The third-order valence-corrected chi connectivity index (χ3v) is 6.67. The average molecular weight is 581 g/mol. The standard InChI is InChI=1S/C15H13F2N3O.C15H21NO2.C3H8/c1-8-7-19-13(6-12(8)20-18-3)11-5-4-10(9(2)21)14(16)15(11)17;1-12-7-9-16(10-8-12)15(17)18-11-14-6-4-3-5-13(14)2;1-3-2/h4-7H,1-3H3;3-6,12H,7-11H2,1-2H3;3H2,1-2H3. The van der Waals surface area contributed by atoms with Crippen LogP contribution in [0.15, 0.2) is 58.9 Å². The number of Topliss-reactive ketones (excluding diaryl/α,β-unsaturated/α-hetero) is 1. The Kier molecular flexibility index (Phi) is 13.9. The first-order chi connectivity index (χ1) is 20.0. The Labute approximate surface area is 248 Å². The summed E-state index contributed by atoms with van der Waals surface area (Å²) < 4.78 is 33.3. The van der Waals surface area contributed by atoms with E-state index >= 15 is 0 Å². The Balaban J connectivity index is 0.000000271. The van der Waals surface area contributed by atoms with Crippen molar-refractivity contribution in [3.8, 4) is 11.3 Å². The van der Waals surface area contributed by atoms with Crippen molar-refractivity contribution < 1.29 is 23.1 Å². The summed E-state index contributed by atoms with van der Waals surface area (Å²) in [4.78, 5) is 29.0. The maximum atomic E-state index is 14.1. The van der Waals surface area contributed by atoms with Crippen LogP contribution in [-0.2, 0) is 11.3 Å². The van der Waals surface area contributed by atoms with Crippen LogP contribution in [0.1, 0.15) is 74.0 Å². The van der Waals surface area contributed by atoms with Crippen LogP contribution in [0.2, 0.25) is 0 Å². The van der Waals surface area contributed by atoms with E-state index in [0.29, 0.717) is 12.3 Å². The molecule has 1 saturated heterocycles. The maximum absolute atomic E-state index is 14.1. The number of nitrogens with zero attached hydrogens (tertiary/aromatic N) is 4. The smallest absolute Gasteiger partial charge is 0.410 e. The number of azo groups is 1. The number of ether oxygens (including phenoxy) is 1. The lowest BCUT2D eigenvalue weighted by Crippen LogP contribution is -2.38. The number of likely N-dealkylation sites (tertiary alicyclic amines) is 1. The Morgan fingerprint density at radius 1 is 1.02 bits per heavy atom. The van der Waals surface area contributed by atoms with Crippen molar-refractivity contribution in [2.45, 2.75) is 67.4 Å². The summed E-state index contributed by atoms with van der Waals surface area (Å²) >= 11 is 0. The summed E-state index contributed by atoms with van der Waals surface area (Å²) in [5.41, 5.74) is 3.47. The summed E-state index contributed by atoms with van der Waals surface area (Å²) in [6, 6.07) is 12.1. The number of carbonyl (C=O) groups is 2. The molecule has 0 atom stereocenters. The van der Waals surface area contributed by atoms with E-state index in [-0.39, 0.29) is 22.9 Å². The molecule has 0 N–H and O–H groups in total. The molecule has 226 valence electrons. The molecule has 3 aromatic rings. The number of hydrogen-bond acceptors (Lipinski definition) is 6. The van der Waals surface area contributed by atoms with Crippen molar-refractivity contribution in [1.82, 2.24) is 9.88 Å². The van der Waals surface area contributed by atoms with Gasteiger partial charge >= 0.3 is 6.09 Å². The second kappa shape index (κ2) is 17.1. The molecule has 0 bridgehead atoms. The number of carbonyl (C=O) groups excluding carboxylic acids is 2. The average Bonchev–Trinajstić information content (AvgIpc) is 2.96. The Morgan fingerprint density at radius 2 is 1.67 bits per heavy atom. The van der Waals surface area contributed by atoms with Gasteiger partial charge in [0.2, 0.25) is 0 Å². The van der Waals surface area contributed by atoms with Crippen molar-refractivity contribution in [3.63, 3.8) is 0 Å². The Morgan fingerprint density at radius 3 is 2.26 bits per heavy atom. The third-order valence-electron chi connectivity index (χ3n) is 6.67. The number of aromatic nitrogens is 1. The van der Waals surface area contributed by atoms with E-state index in [9.17, 15) is 18.4 Å². The second-order valence-electron chi connectivity index (χ2n) is 10.4. The van der Waals surface area contributed by atoms with Crippen LogP contribution in [0.25, 0.3) is 11.3 Å². The van der Waals surface area contributed by atoms with Gasteiger partial charge in [0.05, 0.1) is 16.9 Å². The lowest BCUT2D eigenvalue weighted by Gasteiger charge is -2.29. The highest BCUT2D eigenvalue weighted by Crippen LogP contribution is 2.29. The first-order valence-corrected chi connectivity index (χ1v) is 14.3. The first-order valence-electron chi connectivity index (χ1n) is 14.3. The number of halogens is 2. The van der Waals surface area contributed by atoms with Gasteiger partial charge in [0, 0.05) is 31.9 Å². The van der Waals surface area contributed by atoms with Gasteiger partial charge in [0.25, 0.3) is 0 Å². The van der Waals surface area contributed by atoms with Crippen LogP contribution in [0.4, 0.5) is 19.3 Å². The summed E-state index contributed by atoms with van der Waals surface area (Å²) in [7, 11) is 1.52. The molecule has 0 unspecified atom stereocenters. The highest BCUT2D eigenvalue weighted by molar-refractivity contribution is 5.94. The van der Waals surface area contributed by atoms with Crippen LogP contribution in [0, 0.1) is 31.4 Å². The normalized spacial score (nSPS) is 13.1. The van der Waals surface area contributed by atoms with Gasteiger partial charge in [-0.15, -0.1) is 0 Å². The van der Waals surface area contributed by atoms with E-state index in [4.69, 9.17) is 4.74 Å². The van der Waals surface area contributed by atoms with Gasteiger partial charge in [-0.2, -0.15) is 10.2 Å². The second-order valence-corrected chi connectivity index (χ2v) is 10.4. The fourth-order valence-corrected chi connectivity index (χ4v) is 4.09. The minimum atomic E-state index is -1.17. The van der Waals surface area contributed by atoms with Crippen LogP contribution < -0.4 is 0 Å². The molecule has 0 saturated carbocycles. The monoisotopic (exact) mass is 580 g/mol. The zero-order valence-corrected chi connectivity index (χ0v) is 25.7. The number of aryl methyl sites for hydroxylation is 2. The molecule has 0 aliphatic carbocycles. The van der Waals surface area contributed by atoms with Crippen LogP contribution in [0.3, 0.4) is 0 Å². The van der Waals surface area contributed by atoms with Gasteiger partial charge in [-0.05, 0) is 74.4 Å². The summed E-state index contributed by atoms with van der Waals surface area (Å²) in [5, 5.41) is 7.57. The van der Waals surface area contributed by atoms with E-state index in [0.717, 1.165) is 48.5 Å². The molecule has 42 heavy (non-hydrogen) atoms. The number of benzene rings is 2. The molecular weight excluding hydrogens is 538 g/mol. The predicted octanol–water partition coefficient (Wildman–Crippen LogP) is 9.03. The Hall–Kier alpha value is -4.01. The van der Waals surface area contributed by atoms with Crippen LogP contribution >= 0.6 is 0 Å². The number of amides is 1. The molecule has 1 aliphatic heterocycles. The number of pyridine rings is 1. The van der Waals surface area contributed by atoms with Crippen molar-refractivity contribution >= 4 is 17.6 Å². The molecule has 1 aromatic heterocycles. The van der Waals surface area contributed by atoms with Crippen molar-refractivity contribution in [3.05, 3.63) is 82.5 Å². The highest BCUT2D eigenvalue weighted by Gasteiger charge is 2.21. The molecule has 7 nitrogen and oxygen atoms in total. The largest absolute Gasteiger partial charge is 0.445 e. The molecule has 0 spiro atoms. The molecular formula is C33H42F2N4O3. The zero-order valence-electron chi connectivity index (χ0n) is 25.7. The number of hydrogen-bond donors (Lipinski definition) is 0. The summed E-state index contributed by atoms with van der Waals surface area (Å²) in [6.07, 6.45) is 4.75. The molecule has 4 rings (SSSR count). The lowest BCUT2D eigenvalue weighted by molar-refractivity contribution is 0.0835. The highest BCUT2D eigenvalue weighted by atomic mass is 19.2. The minimum absolute atomic E-state index is 0.0231.